The number of phenolic OH excluding ortho intramolecular Hbond substituents is 1. The zero-order chi connectivity index (χ0) is 15.7. The van der Waals surface area contributed by atoms with E-state index in [0.29, 0.717) is 23.6 Å². The standard InChI is InChI=1S/C17H17NO4/c1-21-15-7-13-12(10-4-3-5-11(19)6-10)8-17(20)18-14(13)9-16(15)22-2/h3-7,9,12,19H,8H2,1-2H3,(H,18,20). The number of phenols is 1. The van der Waals surface area contributed by atoms with Crippen molar-refractivity contribution in [2.75, 3.05) is 19.5 Å². The molecule has 0 aliphatic carbocycles. The first-order chi connectivity index (χ1) is 10.6. The number of fused-ring (bicyclic) bond motifs is 1. The molecule has 2 aromatic carbocycles. The Morgan fingerprint density at radius 1 is 1.14 bits per heavy atom. The molecule has 5 heteroatoms. The average Bonchev–Trinajstić information content (AvgIpc) is 2.52. The van der Waals surface area contributed by atoms with E-state index in [-0.39, 0.29) is 17.6 Å². The molecule has 1 amide bonds. The number of rotatable bonds is 3. The first-order valence-electron chi connectivity index (χ1n) is 6.97. The summed E-state index contributed by atoms with van der Waals surface area (Å²) in [6, 6.07) is 10.6. The van der Waals surface area contributed by atoms with Gasteiger partial charge < -0.3 is 19.9 Å². The van der Waals surface area contributed by atoms with E-state index in [9.17, 15) is 9.90 Å². The van der Waals surface area contributed by atoms with Gasteiger partial charge in [0.05, 0.1) is 14.2 Å². The summed E-state index contributed by atoms with van der Waals surface area (Å²) in [5.74, 6) is 1.18. The van der Waals surface area contributed by atoms with Crippen LogP contribution in [0.2, 0.25) is 0 Å². The van der Waals surface area contributed by atoms with E-state index in [0.717, 1.165) is 11.1 Å². The fourth-order valence-electron chi connectivity index (χ4n) is 2.83. The fourth-order valence-corrected chi connectivity index (χ4v) is 2.83. The summed E-state index contributed by atoms with van der Waals surface area (Å²) in [7, 11) is 3.14. The van der Waals surface area contributed by atoms with Crippen LogP contribution in [0.4, 0.5) is 5.69 Å². The van der Waals surface area contributed by atoms with E-state index in [4.69, 9.17) is 9.47 Å². The van der Waals surface area contributed by atoms with Gasteiger partial charge in [-0.2, -0.15) is 0 Å². The van der Waals surface area contributed by atoms with Crippen LogP contribution in [0.3, 0.4) is 0 Å². The molecular formula is C17H17NO4. The van der Waals surface area contributed by atoms with Crippen molar-refractivity contribution in [2.24, 2.45) is 0 Å². The molecule has 1 atom stereocenters. The molecule has 5 nitrogen and oxygen atoms in total. The van der Waals surface area contributed by atoms with Crippen LogP contribution in [0.5, 0.6) is 17.2 Å². The number of methoxy groups -OCH3 is 2. The second kappa shape index (κ2) is 5.60. The van der Waals surface area contributed by atoms with Crippen molar-refractivity contribution in [2.45, 2.75) is 12.3 Å². The van der Waals surface area contributed by atoms with Crippen LogP contribution < -0.4 is 14.8 Å². The van der Waals surface area contributed by atoms with E-state index in [2.05, 4.69) is 5.32 Å². The largest absolute Gasteiger partial charge is 0.508 e. The molecule has 1 unspecified atom stereocenters. The molecule has 0 aromatic heterocycles. The maximum atomic E-state index is 12.0. The third-order valence-electron chi connectivity index (χ3n) is 3.87. The van der Waals surface area contributed by atoms with Crippen LogP contribution in [-0.2, 0) is 4.79 Å². The maximum Gasteiger partial charge on any atom is 0.225 e. The van der Waals surface area contributed by atoms with Gasteiger partial charge in [0.2, 0.25) is 5.91 Å². The van der Waals surface area contributed by atoms with Crippen LogP contribution in [-0.4, -0.2) is 25.2 Å². The number of amides is 1. The molecule has 2 aromatic rings. The number of aromatic hydroxyl groups is 1. The van der Waals surface area contributed by atoms with Gasteiger partial charge in [-0.25, -0.2) is 0 Å². The van der Waals surface area contributed by atoms with Gasteiger partial charge in [-0.15, -0.1) is 0 Å². The lowest BCUT2D eigenvalue weighted by Crippen LogP contribution is -2.23. The van der Waals surface area contributed by atoms with Gasteiger partial charge in [-0.3, -0.25) is 4.79 Å². The molecule has 3 rings (SSSR count). The van der Waals surface area contributed by atoms with Crippen LogP contribution >= 0.6 is 0 Å². The minimum absolute atomic E-state index is 0.0620. The van der Waals surface area contributed by atoms with Crippen molar-refractivity contribution in [3.63, 3.8) is 0 Å². The fraction of sp³-hybridized carbons (Fsp3) is 0.235. The molecule has 2 N–H and O–H groups in total. The van der Waals surface area contributed by atoms with Gasteiger partial charge in [0.1, 0.15) is 5.75 Å². The Kier molecular flexibility index (Phi) is 3.63. The Labute approximate surface area is 128 Å². The number of ether oxygens (including phenoxy) is 2. The Hall–Kier alpha value is -2.69. The number of hydrogen-bond acceptors (Lipinski definition) is 4. The van der Waals surface area contributed by atoms with Gasteiger partial charge >= 0.3 is 0 Å². The topological polar surface area (TPSA) is 67.8 Å². The Balaban J connectivity index is 2.14. The third kappa shape index (κ3) is 2.45. The number of nitrogens with one attached hydrogen (secondary N) is 1. The molecule has 0 saturated carbocycles. The number of hydrogen-bond donors (Lipinski definition) is 2. The van der Waals surface area contributed by atoms with Crippen LogP contribution in [0.25, 0.3) is 0 Å². The van der Waals surface area contributed by atoms with Crippen molar-refractivity contribution in [1.29, 1.82) is 0 Å². The summed E-state index contributed by atoms with van der Waals surface area (Å²) < 4.78 is 10.6. The van der Waals surface area contributed by atoms with Crippen molar-refractivity contribution < 1.29 is 19.4 Å². The molecular weight excluding hydrogens is 282 g/mol. The maximum absolute atomic E-state index is 12.0. The predicted molar refractivity (Wildman–Crippen MR) is 82.7 cm³/mol. The second-order valence-electron chi connectivity index (χ2n) is 5.19. The zero-order valence-electron chi connectivity index (χ0n) is 12.4. The average molecular weight is 299 g/mol. The molecule has 22 heavy (non-hydrogen) atoms. The molecule has 1 aliphatic rings. The Bertz CT molecular complexity index is 727. The van der Waals surface area contributed by atoms with Gasteiger partial charge in [-0.1, -0.05) is 12.1 Å². The summed E-state index contributed by atoms with van der Waals surface area (Å²) in [6.07, 6.45) is 0.325. The smallest absolute Gasteiger partial charge is 0.225 e. The molecule has 0 spiro atoms. The van der Waals surface area contributed by atoms with Crippen molar-refractivity contribution in [1.82, 2.24) is 0 Å². The minimum atomic E-state index is -0.129. The summed E-state index contributed by atoms with van der Waals surface area (Å²) >= 11 is 0. The van der Waals surface area contributed by atoms with Crippen LogP contribution in [0, 0.1) is 0 Å². The van der Waals surface area contributed by atoms with Gasteiger partial charge in [-0.05, 0) is 29.3 Å². The van der Waals surface area contributed by atoms with Crippen molar-refractivity contribution >= 4 is 11.6 Å². The highest BCUT2D eigenvalue weighted by molar-refractivity contribution is 5.96. The van der Waals surface area contributed by atoms with Crippen LogP contribution in [0.15, 0.2) is 36.4 Å². The number of anilines is 1. The summed E-state index contributed by atoms with van der Waals surface area (Å²) in [5, 5.41) is 12.6. The summed E-state index contributed by atoms with van der Waals surface area (Å²) in [4.78, 5) is 12.0. The quantitative estimate of drug-likeness (QED) is 0.914. The molecule has 0 fully saturated rings. The summed E-state index contributed by atoms with van der Waals surface area (Å²) in [5.41, 5.74) is 2.55. The zero-order valence-corrected chi connectivity index (χ0v) is 12.4. The van der Waals surface area contributed by atoms with E-state index < -0.39 is 0 Å². The van der Waals surface area contributed by atoms with E-state index in [1.165, 1.54) is 0 Å². The third-order valence-corrected chi connectivity index (χ3v) is 3.87. The highest BCUT2D eigenvalue weighted by Gasteiger charge is 2.28. The van der Waals surface area contributed by atoms with Gasteiger partial charge in [0.25, 0.3) is 0 Å². The van der Waals surface area contributed by atoms with E-state index >= 15 is 0 Å². The van der Waals surface area contributed by atoms with E-state index in [1.54, 1.807) is 38.5 Å². The van der Waals surface area contributed by atoms with Crippen molar-refractivity contribution in [3.05, 3.63) is 47.5 Å². The monoisotopic (exact) mass is 299 g/mol. The van der Waals surface area contributed by atoms with Crippen LogP contribution in [0.1, 0.15) is 23.5 Å². The molecule has 114 valence electrons. The molecule has 1 aliphatic heterocycles. The lowest BCUT2D eigenvalue weighted by Gasteiger charge is -2.27. The van der Waals surface area contributed by atoms with Gasteiger partial charge in [0, 0.05) is 24.1 Å². The normalized spacial score (nSPS) is 16.6. The highest BCUT2D eigenvalue weighted by Crippen LogP contribution is 2.43. The molecule has 1 heterocycles. The highest BCUT2D eigenvalue weighted by atomic mass is 16.5. The van der Waals surface area contributed by atoms with Gasteiger partial charge in [0.15, 0.2) is 11.5 Å². The SMILES string of the molecule is COc1cc2c(cc1OC)C(c1cccc(O)c1)CC(=O)N2. The number of carbonyl (C=O) groups is 1. The minimum Gasteiger partial charge on any atom is -0.508 e. The lowest BCUT2D eigenvalue weighted by molar-refractivity contribution is -0.116. The number of carbonyl (C=O) groups excluding carboxylic acids is 1. The van der Waals surface area contributed by atoms with Crippen molar-refractivity contribution in [3.8, 4) is 17.2 Å². The first kappa shape index (κ1) is 14.3. The number of benzene rings is 2. The summed E-state index contributed by atoms with van der Waals surface area (Å²) in [6.45, 7) is 0. The first-order valence-corrected chi connectivity index (χ1v) is 6.97. The molecule has 0 saturated heterocycles. The molecule has 0 bridgehead atoms. The Morgan fingerprint density at radius 2 is 1.86 bits per heavy atom. The Morgan fingerprint density at radius 3 is 2.55 bits per heavy atom. The molecule has 0 radical (unpaired) electrons. The van der Waals surface area contributed by atoms with E-state index in [1.807, 2.05) is 12.1 Å². The lowest BCUT2D eigenvalue weighted by atomic mass is 9.84. The predicted octanol–water partition coefficient (Wildman–Crippen LogP) is 2.88. The second-order valence-corrected chi connectivity index (χ2v) is 5.19.